The zero-order valence-corrected chi connectivity index (χ0v) is 15.5. The standard InChI is InChI=1S/C20H26N6O/c27-20-22-18-4-1-2-5-19(18)26(20)16-6-10-24(11-7-16)14-15-12-17-13-21-8-3-9-25(17)23-15/h1-2,4-5,12,16,21H,3,6-11,13-14H2,(H,22,27). The maximum absolute atomic E-state index is 12.4. The van der Waals surface area contributed by atoms with E-state index < -0.39 is 0 Å². The molecule has 2 N–H and O–H groups in total. The lowest BCUT2D eigenvalue weighted by Gasteiger charge is -2.32. The predicted molar refractivity (Wildman–Crippen MR) is 105 cm³/mol. The summed E-state index contributed by atoms with van der Waals surface area (Å²) in [6.45, 7) is 5.88. The molecule has 0 unspecified atom stereocenters. The van der Waals surface area contributed by atoms with Gasteiger partial charge in [-0.15, -0.1) is 0 Å². The molecule has 0 bridgehead atoms. The van der Waals surface area contributed by atoms with Gasteiger partial charge >= 0.3 is 5.69 Å². The van der Waals surface area contributed by atoms with E-state index in [9.17, 15) is 4.79 Å². The second kappa shape index (κ2) is 6.98. The van der Waals surface area contributed by atoms with Gasteiger partial charge in [0, 0.05) is 38.8 Å². The van der Waals surface area contributed by atoms with Gasteiger partial charge in [0.05, 0.1) is 22.4 Å². The van der Waals surface area contributed by atoms with Gasteiger partial charge in [0.15, 0.2) is 0 Å². The lowest BCUT2D eigenvalue weighted by atomic mass is 10.0. The molecule has 27 heavy (non-hydrogen) atoms. The molecule has 2 aromatic heterocycles. The van der Waals surface area contributed by atoms with E-state index in [0.717, 1.165) is 75.3 Å². The first-order valence-corrected chi connectivity index (χ1v) is 9.96. The molecule has 2 aliphatic rings. The lowest BCUT2D eigenvalue weighted by Crippen LogP contribution is -2.36. The Kier molecular flexibility index (Phi) is 4.33. The highest BCUT2D eigenvalue weighted by Gasteiger charge is 2.24. The van der Waals surface area contributed by atoms with E-state index in [0.29, 0.717) is 0 Å². The second-order valence-electron chi connectivity index (χ2n) is 7.71. The molecule has 0 radical (unpaired) electrons. The highest BCUT2D eigenvalue weighted by molar-refractivity contribution is 5.75. The number of nitrogens with one attached hydrogen (secondary N) is 2. The molecule has 1 saturated heterocycles. The molecule has 0 atom stereocenters. The van der Waals surface area contributed by atoms with Crippen LogP contribution in [0.25, 0.3) is 11.0 Å². The summed E-state index contributed by atoms with van der Waals surface area (Å²) in [5, 5.41) is 8.26. The van der Waals surface area contributed by atoms with Crippen LogP contribution in [-0.2, 0) is 19.6 Å². The number of piperidine rings is 1. The zero-order valence-electron chi connectivity index (χ0n) is 15.5. The summed E-state index contributed by atoms with van der Waals surface area (Å²) in [4.78, 5) is 17.9. The summed E-state index contributed by atoms with van der Waals surface area (Å²) >= 11 is 0. The zero-order chi connectivity index (χ0) is 18.2. The van der Waals surface area contributed by atoms with Crippen LogP contribution in [-0.4, -0.2) is 43.9 Å². The van der Waals surface area contributed by atoms with Gasteiger partial charge in [0.2, 0.25) is 0 Å². The van der Waals surface area contributed by atoms with Crippen LogP contribution in [0.2, 0.25) is 0 Å². The highest BCUT2D eigenvalue weighted by Crippen LogP contribution is 2.25. The van der Waals surface area contributed by atoms with Crippen molar-refractivity contribution in [3.8, 4) is 0 Å². The van der Waals surface area contributed by atoms with Gasteiger partial charge in [0.25, 0.3) is 0 Å². The van der Waals surface area contributed by atoms with Crippen LogP contribution in [0.5, 0.6) is 0 Å². The Labute approximate surface area is 158 Å². The van der Waals surface area contributed by atoms with Crippen molar-refractivity contribution in [2.75, 3.05) is 19.6 Å². The molecular weight excluding hydrogens is 340 g/mol. The van der Waals surface area contributed by atoms with Crippen LogP contribution in [0.15, 0.2) is 35.1 Å². The second-order valence-corrected chi connectivity index (χ2v) is 7.71. The first-order valence-electron chi connectivity index (χ1n) is 9.96. The van der Waals surface area contributed by atoms with Crippen molar-refractivity contribution < 1.29 is 0 Å². The van der Waals surface area contributed by atoms with Gasteiger partial charge in [-0.2, -0.15) is 5.10 Å². The molecule has 5 rings (SSSR count). The first-order chi connectivity index (χ1) is 13.3. The van der Waals surface area contributed by atoms with E-state index in [-0.39, 0.29) is 11.7 Å². The Bertz CT molecular complexity index is 968. The molecule has 0 aliphatic carbocycles. The van der Waals surface area contributed by atoms with Crippen molar-refractivity contribution >= 4 is 11.0 Å². The van der Waals surface area contributed by atoms with E-state index in [1.165, 1.54) is 5.69 Å². The normalized spacial score (nSPS) is 19.3. The molecule has 7 nitrogen and oxygen atoms in total. The molecule has 7 heteroatoms. The maximum Gasteiger partial charge on any atom is 0.326 e. The van der Waals surface area contributed by atoms with Gasteiger partial charge in [-0.3, -0.25) is 14.1 Å². The number of aryl methyl sites for hydroxylation is 1. The number of para-hydroxylation sites is 2. The molecule has 1 fully saturated rings. The highest BCUT2D eigenvalue weighted by atomic mass is 16.1. The van der Waals surface area contributed by atoms with Crippen LogP contribution in [0.4, 0.5) is 0 Å². The van der Waals surface area contributed by atoms with Crippen molar-refractivity contribution in [2.45, 2.75) is 44.9 Å². The number of aromatic nitrogens is 4. The SMILES string of the molecule is O=c1[nH]c2ccccc2n1C1CCN(Cc2cc3n(n2)CCCNC3)CC1. The van der Waals surface area contributed by atoms with Crippen LogP contribution in [0, 0.1) is 0 Å². The van der Waals surface area contributed by atoms with E-state index >= 15 is 0 Å². The van der Waals surface area contributed by atoms with E-state index in [1.54, 1.807) is 0 Å². The first kappa shape index (κ1) is 16.8. The minimum atomic E-state index is 0.0139. The smallest absolute Gasteiger partial charge is 0.311 e. The van der Waals surface area contributed by atoms with E-state index in [4.69, 9.17) is 5.10 Å². The number of likely N-dealkylation sites (tertiary alicyclic amines) is 1. The Hall–Kier alpha value is -2.38. The number of hydrogen-bond donors (Lipinski definition) is 2. The van der Waals surface area contributed by atoms with Crippen molar-refractivity contribution in [3.63, 3.8) is 0 Å². The van der Waals surface area contributed by atoms with Gasteiger partial charge in [0.1, 0.15) is 0 Å². The Balaban J connectivity index is 1.26. The quantitative estimate of drug-likeness (QED) is 0.742. The Morgan fingerprint density at radius 2 is 2.00 bits per heavy atom. The summed E-state index contributed by atoms with van der Waals surface area (Å²) in [5.74, 6) is 0. The van der Waals surface area contributed by atoms with Crippen molar-refractivity contribution in [1.29, 1.82) is 0 Å². The maximum atomic E-state index is 12.4. The van der Waals surface area contributed by atoms with Gasteiger partial charge in [-0.25, -0.2) is 4.79 Å². The van der Waals surface area contributed by atoms with Crippen molar-refractivity contribution in [2.24, 2.45) is 0 Å². The number of rotatable bonds is 3. The molecular formula is C20H26N6O. The summed E-state index contributed by atoms with van der Waals surface area (Å²) in [7, 11) is 0. The van der Waals surface area contributed by atoms with Gasteiger partial charge < -0.3 is 10.3 Å². The minimum Gasteiger partial charge on any atom is -0.311 e. The average molecular weight is 366 g/mol. The van der Waals surface area contributed by atoms with Crippen LogP contribution in [0.3, 0.4) is 0 Å². The van der Waals surface area contributed by atoms with Gasteiger partial charge in [-0.1, -0.05) is 12.1 Å². The molecule has 0 saturated carbocycles. The predicted octanol–water partition coefficient (Wildman–Crippen LogP) is 1.86. The van der Waals surface area contributed by atoms with Crippen molar-refractivity contribution in [3.05, 3.63) is 52.2 Å². The molecule has 4 heterocycles. The average Bonchev–Trinajstić information content (AvgIpc) is 3.14. The number of H-pyrrole nitrogens is 1. The third-order valence-corrected chi connectivity index (χ3v) is 5.88. The Morgan fingerprint density at radius 1 is 1.15 bits per heavy atom. The molecule has 3 aromatic rings. The van der Waals surface area contributed by atoms with E-state index in [2.05, 4.69) is 25.9 Å². The summed E-state index contributed by atoms with van der Waals surface area (Å²) in [5.41, 5.74) is 4.42. The minimum absolute atomic E-state index is 0.0139. The summed E-state index contributed by atoms with van der Waals surface area (Å²) in [6.07, 6.45) is 3.13. The number of nitrogens with zero attached hydrogens (tertiary/aromatic N) is 4. The van der Waals surface area contributed by atoms with Crippen LogP contribution < -0.4 is 11.0 Å². The summed E-state index contributed by atoms with van der Waals surface area (Å²) in [6, 6.07) is 10.5. The fourth-order valence-corrected chi connectivity index (χ4v) is 4.50. The van der Waals surface area contributed by atoms with Gasteiger partial charge in [-0.05, 0) is 44.0 Å². The van der Waals surface area contributed by atoms with Crippen molar-refractivity contribution in [1.82, 2.24) is 29.5 Å². The Morgan fingerprint density at radius 3 is 2.89 bits per heavy atom. The number of benzene rings is 1. The largest absolute Gasteiger partial charge is 0.326 e. The van der Waals surface area contributed by atoms with E-state index in [1.807, 2.05) is 28.8 Å². The summed E-state index contributed by atoms with van der Waals surface area (Å²) < 4.78 is 4.12. The number of hydrogen-bond acceptors (Lipinski definition) is 4. The molecule has 142 valence electrons. The number of aromatic amines is 1. The fourth-order valence-electron chi connectivity index (χ4n) is 4.50. The van der Waals surface area contributed by atoms with Crippen LogP contribution in [0.1, 0.15) is 36.7 Å². The topological polar surface area (TPSA) is 70.9 Å². The fraction of sp³-hybridized carbons (Fsp3) is 0.500. The molecule has 0 spiro atoms. The third-order valence-electron chi connectivity index (χ3n) is 5.88. The number of fused-ring (bicyclic) bond motifs is 2. The third kappa shape index (κ3) is 3.21. The monoisotopic (exact) mass is 366 g/mol. The number of imidazole rings is 1. The molecule has 0 amide bonds. The van der Waals surface area contributed by atoms with Crippen LogP contribution >= 0.6 is 0 Å². The molecule has 1 aromatic carbocycles. The molecule has 2 aliphatic heterocycles. The lowest BCUT2D eigenvalue weighted by molar-refractivity contribution is 0.178.